The van der Waals surface area contributed by atoms with Crippen molar-refractivity contribution in [2.24, 2.45) is 0 Å². The summed E-state index contributed by atoms with van der Waals surface area (Å²) in [6.45, 7) is 2.07. The summed E-state index contributed by atoms with van der Waals surface area (Å²) in [7, 11) is 0. The Labute approximate surface area is 92.5 Å². The normalized spacial score (nSPS) is 10.1. The maximum atomic E-state index is 11.1. The van der Waals surface area contributed by atoms with Gasteiger partial charge >= 0.3 is 6.09 Å². The number of hydrogen-bond acceptors (Lipinski definition) is 4. The molecule has 1 aromatic heterocycles. The lowest BCUT2D eigenvalue weighted by molar-refractivity contribution is 0.168. The monoisotopic (exact) mass is 217 g/mol. The van der Waals surface area contributed by atoms with Crippen LogP contribution in [-0.4, -0.2) is 22.7 Å². The number of aromatic nitrogens is 2. The average Bonchev–Trinajstić information content (AvgIpc) is 2.29. The van der Waals surface area contributed by atoms with Crippen LogP contribution in [0.4, 0.5) is 10.6 Å². The molecule has 0 unspecified atom stereocenters. The SMILES string of the molecule is CCOC(=O)Nc1cnc2ccccc2n1. The van der Waals surface area contributed by atoms with E-state index in [9.17, 15) is 4.79 Å². The molecule has 1 heterocycles. The van der Waals surface area contributed by atoms with E-state index < -0.39 is 6.09 Å². The van der Waals surface area contributed by atoms with Gasteiger partial charge in [-0.3, -0.25) is 10.3 Å². The first-order valence-electron chi connectivity index (χ1n) is 4.95. The zero-order valence-corrected chi connectivity index (χ0v) is 8.80. The van der Waals surface area contributed by atoms with Gasteiger partial charge in [-0.25, -0.2) is 9.78 Å². The maximum Gasteiger partial charge on any atom is 0.412 e. The fraction of sp³-hybridized carbons (Fsp3) is 0.182. The number of carbonyl (C=O) groups excluding carboxylic acids is 1. The fourth-order valence-corrected chi connectivity index (χ4v) is 1.29. The van der Waals surface area contributed by atoms with Crippen molar-refractivity contribution < 1.29 is 9.53 Å². The zero-order valence-electron chi connectivity index (χ0n) is 8.80. The van der Waals surface area contributed by atoms with Crippen molar-refractivity contribution in [1.82, 2.24) is 9.97 Å². The lowest BCUT2D eigenvalue weighted by atomic mass is 10.3. The smallest absolute Gasteiger partial charge is 0.412 e. The minimum Gasteiger partial charge on any atom is -0.450 e. The molecular formula is C11H11N3O2. The van der Waals surface area contributed by atoms with E-state index in [0.717, 1.165) is 11.0 Å². The van der Waals surface area contributed by atoms with E-state index in [0.29, 0.717) is 12.4 Å². The van der Waals surface area contributed by atoms with Crippen LogP contribution in [0, 0.1) is 0 Å². The van der Waals surface area contributed by atoms with Crippen molar-refractivity contribution in [3.63, 3.8) is 0 Å². The molecule has 2 aromatic rings. The number of fused-ring (bicyclic) bond motifs is 1. The summed E-state index contributed by atoms with van der Waals surface area (Å²) in [5, 5.41) is 2.50. The summed E-state index contributed by atoms with van der Waals surface area (Å²) in [5.41, 5.74) is 1.52. The van der Waals surface area contributed by atoms with Crippen LogP contribution < -0.4 is 5.32 Å². The van der Waals surface area contributed by atoms with Gasteiger partial charge in [-0.1, -0.05) is 12.1 Å². The van der Waals surface area contributed by atoms with Crippen molar-refractivity contribution in [3.8, 4) is 0 Å². The van der Waals surface area contributed by atoms with E-state index in [4.69, 9.17) is 4.74 Å². The number of benzene rings is 1. The first-order valence-corrected chi connectivity index (χ1v) is 4.95. The highest BCUT2D eigenvalue weighted by atomic mass is 16.5. The molecule has 82 valence electrons. The maximum absolute atomic E-state index is 11.1. The molecule has 1 N–H and O–H groups in total. The molecule has 0 radical (unpaired) electrons. The van der Waals surface area contributed by atoms with Crippen LogP contribution in [0.5, 0.6) is 0 Å². The summed E-state index contributed by atoms with van der Waals surface area (Å²) in [4.78, 5) is 19.5. The van der Waals surface area contributed by atoms with Crippen LogP contribution in [0.1, 0.15) is 6.92 Å². The van der Waals surface area contributed by atoms with E-state index in [2.05, 4.69) is 15.3 Å². The lowest BCUT2D eigenvalue weighted by Gasteiger charge is -2.04. The average molecular weight is 217 g/mol. The zero-order chi connectivity index (χ0) is 11.4. The highest BCUT2D eigenvalue weighted by Crippen LogP contribution is 2.11. The van der Waals surface area contributed by atoms with Gasteiger partial charge < -0.3 is 4.74 Å². The predicted molar refractivity (Wildman–Crippen MR) is 60.2 cm³/mol. The molecule has 0 aliphatic carbocycles. The van der Waals surface area contributed by atoms with Crippen LogP contribution in [0.15, 0.2) is 30.5 Å². The second-order valence-electron chi connectivity index (χ2n) is 3.09. The van der Waals surface area contributed by atoms with Crippen LogP contribution in [-0.2, 0) is 4.74 Å². The largest absolute Gasteiger partial charge is 0.450 e. The number of ether oxygens (including phenoxy) is 1. The Bertz CT molecular complexity index is 513. The van der Waals surface area contributed by atoms with Crippen molar-refractivity contribution in [3.05, 3.63) is 30.5 Å². The molecule has 0 bridgehead atoms. The molecular weight excluding hydrogens is 206 g/mol. The van der Waals surface area contributed by atoms with Gasteiger partial charge in [0.1, 0.15) is 0 Å². The summed E-state index contributed by atoms with van der Waals surface area (Å²) >= 11 is 0. The molecule has 1 aromatic carbocycles. The first kappa shape index (κ1) is 10.4. The van der Waals surface area contributed by atoms with Crippen LogP contribution in [0.3, 0.4) is 0 Å². The van der Waals surface area contributed by atoms with Crippen LogP contribution in [0.2, 0.25) is 0 Å². The topological polar surface area (TPSA) is 64.1 Å². The van der Waals surface area contributed by atoms with Gasteiger partial charge in [0.15, 0.2) is 5.82 Å². The number of nitrogens with zero attached hydrogens (tertiary/aromatic N) is 2. The number of anilines is 1. The third-order valence-corrected chi connectivity index (χ3v) is 1.95. The quantitative estimate of drug-likeness (QED) is 0.837. The number of amides is 1. The highest BCUT2D eigenvalue weighted by Gasteiger charge is 2.04. The predicted octanol–water partition coefficient (Wildman–Crippen LogP) is 2.20. The number of para-hydroxylation sites is 2. The molecule has 16 heavy (non-hydrogen) atoms. The van der Waals surface area contributed by atoms with Crippen molar-refractivity contribution in [1.29, 1.82) is 0 Å². The third-order valence-electron chi connectivity index (χ3n) is 1.95. The molecule has 0 fully saturated rings. The Balaban J connectivity index is 2.22. The van der Waals surface area contributed by atoms with E-state index >= 15 is 0 Å². The fourth-order valence-electron chi connectivity index (χ4n) is 1.29. The second-order valence-corrected chi connectivity index (χ2v) is 3.09. The van der Waals surface area contributed by atoms with Gasteiger partial charge in [-0.2, -0.15) is 0 Å². The summed E-state index contributed by atoms with van der Waals surface area (Å²) in [6.07, 6.45) is 0.978. The molecule has 0 aliphatic rings. The van der Waals surface area contributed by atoms with Gasteiger partial charge in [0.2, 0.25) is 0 Å². The van der Waals surface area contributed by atoms with E-state index in [1.54, 1.807) is 6.92 Å². The lowest BCUT2D eigenvalue weighted by Crippen LogP contribution is -2.14. The first-order chi connectivity index (χ1) is 7.79. The molecule has 0 atom stereocenters. The van der Waals surface area contributed by atoms with Crippen molar-refractivity contribution in [2.75, 3.05) is 11.9 Å². The summed E-state index contributed by atoms with van der Waals surface area (Å²) in [5.74, 6) is 0.386. The van der Waals surface area contributed by atoms with Gasteiger partial charge in [0.25, 0.3) is 0 Å². The van der Waals surface area contributed by atoms with Crippen LogP contribution in [0.25, 0.3) is 11.0 Å². The molecule has 0 aliphatic heterocycles. The molecule has 0 spiro atoms. The minimum absolute atomic E-state index is 0.326. The summed E-state index contributed by atoms with van der Waals surface area (Å²) < 4.78 is 4.74. The Morgan fingerprint density at radius 3 is 2.88 bits per heavy atom. The number of carbonyl (C=O) groups is 1. The molecule has 5 nitrogen and oxygen atoms in total. The van der Waals surface area contributed by atoms with Gasteiger partial charge in [-0.05, 0) is 19.1 Å². The number of nitrogens with one attached hydrogen (secondary N) is 1. The van der Waals surface area contributed by atoms with Gasteiger partial charge in [-0.15, -0.1) is 0 Å². The van der Waals surface area contributed by atoms with Gasteiger partial charge in [0.05, 0.1) is 23.8 Å². The van der Waals surface area contributed by atoms with Gasteiger partial charge in [0, 0.05) is 0 Å². The standard InChI is InChI=1S/C11H11N3O2/c1-2-16-11(15)14-10-7-12-8-5-3-4-6-9(8)13-10/h3-7H,2H2,1H3,(H,13,14,15). The molecule has 1 amide bonds. The Hall–Kier alpha value is -2.17. The second kappa shape index (κ2) is 4.57. The van der Waals surface area contributed by atoms with Crippen molar-refractivity contribution >= 4 is 22.9 Å². The van der Waals surface area contributed by atoms with E-state index in [1.165, 1.54) is 6.20 Å². The minimum atomic E-state index is -0.521. The number of rotatable bonds is 2. The van der Waals surface area contributed by atoms with Crippen LogP contribution >= 0.6 is 0 Å². The molecule has 5 heteroatoms. The molecule has 0 saturated heterocycles. The molecule has 0 saturated carbocycles. The third kappa shape index (κ3) is 2.25. The Morgan fingerprint density at radius 2 is 2.12 bits per heavy atom. The number of hydrogen-bond donors (Lipinski definition) is 1. The van der Waals surface area contributed by atoms with E-state index in [-0.39, 0.29) is 0 Å². The Morgan fingerprint density at radius 1 is 1.38 bits per heavy atom. The molecule has 2 rings (SSSR count). The Kier molecular flexibility index (Phi) is 2.95. The summed E-state index contributed by atoms with van der Waals surface area (Å²) in [6, 6.07) is 7.44. The van der Waals surface area contributed by atoms with Crippen molar-refractivity contribution in [2.45, 2.75) is 6.92 Å². The van der Waals surface area contributed by atoms with E-state index in [1.807, 2.05) is 24.3 Å². The highest BCUT2D eigenvalue weighted by molar-refractivity contribution is 5.85.